The van der Waals surface area contributed by atoms with E-state index in [9.17, 15) is 23.1 Å². The Morgan fingerprint density at radius 2 is 2.04 bits per heavy atom. The second-order valence-corrected chi connectivity index (χ2v) is 10.5. The molecule has 3 atom stereocenters. The maximum atomic E-state index is 12.7. The molecule has 0 bridgehead atoms. The number of halogens is 1. The maximum absolute atomic E-state index is 12.7. The number of hydrogen-bond donors (Lipinski definition) is 2. The average molecular weight is 428 g/mol. The van der Waals surface area contributed by atoms with Crippen molar-refractivity contribution in [1.29, 1.82) is 0 Å². The molecular weight excluding hydrogens is 410 g/mol. The lowest BCUT2D eigenvalue weighted by Gasteiger charge is -2.24. The number of amides is 1. The third-order valence-corrected chi connectivity index (χ3v) is 8.17. The van der Waals surface area contributed by atoms with Crippen LogP contribution in [-0.4, -0.2) is 42.4 Å². The van der Waals surface area contributed by atoms with Gasteiger partial charge in [-0.15, -0.1) is 0 Å². The monoisotopic (exact) mass is 427 g/mol. The zero-order valence-electron chi connectivity index (χ0n) is 13.4. The van der Waals surface area contributed by atoms with Gasteiger partial charge in [-0.1, -0.05) is 22.0 Å². The van der Waals surface area contributed by atoms with Crippen molar-refractivity contribution in [2.45, 2.75) is 36.6 Å². The molecule has 2 N–H and O–H groups in total. The Balaban J connectivity index is 1.56. The number of benzene rings is 1. The van der Waals surface area contributed by atoms with Crippen LogP contribution < -0.4 is 5.32 Å². The number of carboxylic acids is 1. The van der Waals surface area contributed by atoms with Gasteiger partial charge < -0.3 is 10.4 Å². The highest BCUT2D eigenvalue weighted by Crippen LogP contribution is 2.61. The number of aliphatic carboxylic acids is 1. The van der Waals surface area contributed by atoms with Gasteiger partial charge in [0.1, 0.15) is 0 Å². The summed E-state index contributed by atoms with van der Waals surface area (Å²) in [6.07, 6.45) is 2.39. The molecule has 1 aromatic rings. The van der Waals surface area contributed by atoms with Crippen molar-refractivity contribution in [3.8, 4) is 0 Å². The van der Waals surface area contributed by atoms with Gasteiger partial charge >= 0.3 is 5.97 Å². The Morgan fingerprint density at radius 3 is 2.68 bits per heavy atom. The van der Waals surface area contributed by atoms with Crippen LogP contribution in [0.1, 0.15) is 30.4 Å². The minimum Gasteiger partial charge on any atom is -0.479 e. The zero-order valence-corrected chi connectivity index (χ0v) is 15.8. The molecule has 2 aliphatic carbocycles. The fraction of sp³-hybridized carbons (Fsp3) is 0.529. The Labute approximate surface area is 154 Å². The van der Waals surface area contributed by atoms with Crippen molar-refractivity contribution < 1.29 is 23.1 Å². The zero-order chi connectivity index (χ0) is 18.0. The maximum Gasteiger partial charge on any atom is 0.330 e. The number of hydrogen-bond acceptors (Lipinski definition) is 4. The summed E-state index contributed by atoms with van der Waals surface area (Å²) in [5.41, 5.74) is 0.498. The number of aryl methyl sites for hydroxylation is 1. The van der Waals surface area contributed by atoms with Crippen molar-refractivity contribution in [3.05, 3.63) is 33.8 Å². The molecule has 6 nitrogen and oxygen atoms in total. The Morgan fingerprint density at radius 1 is 1.28 bits per heavy atom. The van der Waals surface area contributed by atoms with Gasteiger partial charge in [-0.3, -0.25) is 4.79 Å². The number of fused-ring (bicyclic) bond motifs is 2. The van der Waals surface area contributed by atoms with Crippen molar-refractivity contribution in [2.24, 2.45) is 5.92 Å². The number of carbonyl (C=O) groups is 2. The van der Waals surface area contributed by atoms with E-state index in [1.165, 1.54) is 11.1 Å². The fourth-order valence-corrected chi connectivity index (χ4v) is 6.77. The van der Waals surface area contributed by atoms with Gasteiger partial charge in [-0.25, -0.2) is 13.2 Å². The van der Waals surface area contributed by atoms with E-state index in [0.717, 1.165) is 17.3 Å². The fourth-order valence-electron chi connectivity index (χ4n) is 4.46. The first-order valence-corrected chi connectivity index (χ1v) is 10.8. The van der Waals surface area contributed by atoms with Crippen LogP contribution in [0.4, 0.5) is 0 Å². The highest BCUT2D eigenvalue weighted by molar-refractivity contribution is 9.10. The second kappa shape index (κ2) is 5.30. The first kappa shape index (κ1) is 17.0. The second-order valence-electron chi connectivity index (χ2n) is 7.43. The minimum atomic E-state index is -3.43. The van der Waals surface area contributed by atoms with E-state index >= 15 is 0 Å². The molecule has 2 fully saturated rings. The summed E-state index contributed by atoms with van der Waals surface area (Å²) in [6.45, 7) is 0. The largest absolute Gasteiger partial charge is 0.479 e. The molecule has 0 radical (unpaired) electrons. The number of carboxylic acid groups (broad SMARTS) is 1. The Bertz CT molecular complexity index is 898. The molecule has 1 heterocycles. The van der Waals surface area contributed by atoms with E-state index in [-0.39, 0.29) is 29.4 Å². The normalized spacial score (nSPS) is 34.7. The standard InChI is InChI=1S/C17H18BrNO5S/c18-11-1-2-12-10(7-11)3-4-16(12)8-13(16)14(20)19-17(15(21)22)5-6-25(23,24)9-17/h1-2,7,13H,3-6,8-9H2,(H,19,20)(H,21,22). The van der Waals surface area contributed by atoms with Crippen molar-refractivity contribution in [3.63, 3.8) is 0 Å². The van der Waals surface area contributed by atoms with Crippen molar-refractivity contribution in [1.82, 2.24) is 5.32 Å². The lowest BCUT2D eigenvalue weighted by atomic mass is 9.94. The summed E-state index contributed by atoms with van der Waals surface area (Å²) >= 11 is 3.46. The van der Waals surface area contributed by atoms with E-state index in [2.05, 4.69) is 27.3 Å². The molecule has 25 heavy (non-hydrogen) atoms. The SMILES string of the molecule is O=C(NC1(C(=O)O)CCS(=O)(=O)C1)C1CC12CCc1cc(Br)ccc12. The molecule has 1 saturated carbocycles. The summed E-state index contributed by atoms with van der Waals surface area (Å²) in [7, 11) is -3.43. The minimum absolute atomic E-state index is 0.0698. The Hall–Kier alpha value is -1.41. The van der Waals surface area contributed by atoms with Crippen LogP contribution in [0.15, 0.2) is 22.7 Å². The van der Waals surface area contributed by atoms with Gasteiger partial charge in [0.2, 0.25) is 5.91 Å². The first-order chi connectivity index (χ1) is 11.7. The predicted molar refractivity (Wildman–Crippen MR) is 94.0 cm³/mol. The van der Waals surface area contributed by atoms with E-state index < -0.39 is 27.1 Å². The molecular formula is C17H18BrNO5S. The van der Waals surface area contributed by atoms with Crippen LogP contribution in [0.25, 0.3) is 0 Å². The molecule has 1 spiro atoms. The van der Waals surface area contributed by atoms with Crippen LogP contribution >= 0.6 is 15.9 Å². The molecule has 134 valence electrons. The number of nitrogens with one attached hydrogen (secondary N) is 1. The summed E-state index contributed by atoms with van der Waals surface area (Å²) < 4.78 is 24.5. The molecule has 1 aromatic carbocycles. The third kappa shape index (κ3) is 2.61. The quantitative estimate of drug-likeness (QED) is 0.759. The van der Waals surface area contributed by atoms with Gasteiger partial charge in [0.05, 0.1) is 11.5 Å². The van der Waals surface area contributed by atoms with Crippen LogP contribution in [0, 0.1) is 5.92 Å². The Kier molecular flexibility index (Phi) is 3.61. The average Bonchev–Trinajstić information content (AvgIpc) is 3.03. The van der Waals surface area contributed by atoms with Gasteiger partial charge in [-0.05, 0) is 48.9 Å². The third-order valence-electron chi connectivity index (χ3n) is 5.91. The van der Waals surface area contributed by atoms with Crippen LogP contribution in [0.5, 0.6) is 0 Å². The highest BCUT2D eigenvalue weighted by Gasteiger charge is 2.63. The van der Waals surface area contributed by atoms with Gasteiger partial charge in [0, 0.05) is 15.8 Å². The van der Waals surface area contributed by atoms with E-state index in [1.54, 1.807) is 0 Å². The molecule has 4 rings (SSSR count). The van der Waals surface area contributed by atoms with E-state index in [0.29, 0.717) is 6.42 Å². The van der Waals surface area contributed by atoms with Gasteiger partial charge in [0.15, 0.2) is 15.4 Å². The van der Waals surface area contributed by atoms with Gasteiger partial charge in [0.25, 0.3) is 0 Å². The highest BCUT2D eigenvalue weighted by atomic mass is 79.9. The van der Waals surface area contributed by atoms with Crippen molar-refractivity contribution in [2.75, 3.05) is 11.5 Å². The van der Waals surface area contributed by atoms with E-state index in [1.807, 2.05) is 12.1 Å². The van der Waals surface area contributed by atoms with Crippen molar-refractivity contribution >= 4 is 37.6 Å². The number of sulfone groups is 1. The van der Waals surface area contributed by atoms with Crippen LogP contribution in [0.3, 0.4) is 0 Å². The first-order valence-electron chi connectivity index (χ1n) is 8.22. The molecule has 8 heteroatoms. The topological polar surface area (TPSA) is 101 Å². The number of carbonyl (C=O) groups excluding carboxylic acids is 1. The summed E-state index contributed by atoms with van der Waals surface area (Å²) in [5.74, 6) is -2.62. The van der Waals surface area contributed by atoms with E-state index in [4.69, 9.17) is 0 Å². The van der Waals surface area contributed by atoms with Gasteiger partial charge in [-0.2, -0.15) is 0 Å². The van der Waals surface area contributed by atoms with Crippen LogP contribution in [0.2, 0.25) is 0 Å². The lowest BCUT2D eigenvalue weighted by molar-refractivity contribution is -0.146. The summed E-state index contributed by atoms with van der Waals surface area (Å²) in [5, 5.41) is 12.1. The smallest absolute Gasteiger partial charge is 0.330 e. The molecule has 3 aliphatic rings. The lowest BCUT2D eigenvalue weighted by Crippen LogP contribution is -2.56. The predicted octanol–water partition coefficient (Wildman–Crippen LogP) is 1.41. The molecule has 1 saturated heterocycles. The molecule has 3 unspecified atom stereocenters. The summed E-state index contributed by atoms with van der Waals surface area (Å²) in [6, 6.07) is 6.06. The number of rotatable bonds is 3. The molecule has 1 aliphatic heterocycles. The molecule has 1 amide bonds. The molecule has 0 aromatic heterocycles. The summed E-state index contributed by atoms with van der Waals surface area (Å²) in [4.78, 5) is 24.4. The van der Waals surface area contributed by atoms with Crippen LogP contribution in [-0.2, 0) is 31.3 Å².